The summed E-state index contributed by atoms with van der Waals surface area (Å²) in [5.41, 5.74) is 1.75. The molecular formula is C28H25ClN4O4. The predicted octanol–water partition coefficient (Wildman–Crippen LogP) is 3.57. The zero-order chi connectivity index (χ0) is 26.1. The van der Waals surface area contributed by atoms with Crippen molar-refractivity contribution >= 4 is 40.0 Å². The first-order valence-electron chi connectivity index (χ1n) is 12.0. The number of carbonyl (C=O) groups is 2. The maximum atomic E-state index is 13.5. The number of anilines is 1. The van der Waals surface area contributed by atoms with E-state index in [0.29, 0.717) is 27.3 Å². The van der Waals surface area contributed by atoms with Crippen molar-refractivity contribution in [2.45, 2.75) is 38.8 Å². The molecule has 1 aliphatic rings. The minimum absolute atomic E-state index is 0.0543. The van der Waals surface area contributed by atoms with E-state index in [2.05, 4.69) is 10.6 Å². The average Bonchev–Trinajstić information content (AvgIpc) is 3.69. The van der Waals surface area contributed by atoms with E-state index in [4.69, 9.17) is 11.6 Å². The molecule has 0 saturated heterocycles. The van der Waals surface area contributed by atoms with Gasteiger partial charge in [0.05, 0.1) is 23.0 Å². The Kier molecular flexibility index (Phi) is 6.67. The molecule has 1 aliphatic carbocycles. The molecule has 1 heterocycles. The predicted molar refractivity (Wildman–Crippen MR) is 143 cm³/mol. The average molecular weight is 517 g/mol. The van der Waals surface area contributed by atoms with Gasteiger partial charge in [0.1, 0.15) is 6.54 Å². The number of para-hydroxylation sites is 1. The zero-order valence-corrected chi connectivity index (χ0v) is 20.9. The second-order valence-corrected chi connectivity index (χ2v) is 9.63. The highest BCUT2D eigenvalue weighted by Gasteiger charge is 2.23. The van der Waals surface area contributed by atoms with E-state index in [-0.39, 0.29) is 24.9 Å². The quantitative estimate of drug-likeness (QED) is 0.392. The number of aryl methyl sites for hydroxylation is 1. The number of benzene rings is 3. The number of nitrogens with zero attached hydrogens (tertiary/aromatic N) is 2. The zero-order valence-electron chi connectivity index (χ0n) is 20.2. The Balaban J connectivity index is 1.47. The van der Waals surface area contributed by atoms with Crippen LogP contribution in [0.5, 0.6) is 0 Å². The summed E-state index contributed by atoms with van der Waals surface area (Å²) in [6, 6.07) is 18.8. The number of carbonyl (C=O) groups excluding carboxylic acids is 2. The number of nitrogens with one attached hydrogen (secondary N) is 2. The van der Waals surface area contributed by atoms with Crippen LogP contribution in [0.15, 0.2) is 76.3 Å². The van der Waals surface area contributed by atoms with Crippen LogP contribution in [-0.2, 0) is 22.6 Å². The highest BCUT2D eigenvalue weighted by Crippen LogP contribution is 2.20. The maximum Gasteiger partial charge on any atom is 0.336 e. The first-order valence-corrected chi connectivity index (χ1v) is 12.4. The van der Waals surface area contributed by atoms with Gasteiger partial charge in [-0.25, -0.2) is 9.36 Å². The van der Waals surface area contributed by atoms with Crippen molar-refractivity contribution in [2.24, 2.45) is 0 Å². The first kappa shape index (κ1) is 24.5. The lowest BCUT2D eigenvalue weighted by molar-refractivity contribution is -0.120. The van der Waals surface area contributed by atoms with Crippen molar-refractivity contribution in [3.63, 3.8) is 0 Å². The van der Waals surface area contributed by atoms with Crippen LogP contribution in [0.2, 0.25) is 5.02 Å². The third kappa shape index (κ3) is 5.34. The molecule has 0 atom stereocenters. The number of halogens is 1. The molecule has 188 valence electrons. The molecule has 8 nitrogen and oxygen atoms in total. The summed E-state index contributed by atoms with van der Waals surface area (Å²) >= 11 is 6.16. The Morgan fingerprint density at radius 1 is 0.973 bits per heavy atom. The van der Waals surface area contributed by atoms with Gasteiger partial charge in [0.15, 0.2) is 0 Å². The minimum atomic E-state index is -0.639. The SMILES string of the molecule is Cc1ccc(NC(=O)Cn2c(=O)n(-c3ccc(CC(=O)NC4CC4)cc3)c(=O)c3ccccc32)cc1Cl. The molecule has 1 saturated carbocycles. The van der Waals surface area contributed by atoms with Crippen molar-refractivity contribution in [3.05, 3.63) is 104 Å². The minimum Gasteiger partial charge on any atom is -0.353 e. The van der Waals surface area contributed by atoms with E-state index in [1.54, 1.807) is 66.7 Å². The number of hydrogen-bond acceptors (Lipinski definition) is 4. The smallest absolute Gasteiger partial charge is 0.336 e. The topological polar surface area (TPSA) is 102 Å². The fourth-order valence-electron chi connectivity index (χ4n) is 4.17. The summed E-state index contributed by atoms with van der Waals surface area (Å²) in [6.45, 7) is 1.56. The third-order valence-electron chi connectivity index (χ3n) is 6.31. The molecule has 0 bridgehead atoms. The van der Waals surface area contributed by atoms with Crippen LogP contribution >= 0.6 is 11.6 Å². The molecular weight excluding hydrogens is 492 g/mol. The normalized spacial score (nSPS) is 12.9. The van der Waals surface area contributed by atoms with E-state index in [9.17, 15) is 19.2 Å². The van der Waals surface area contributed by atoms with Gasteiger partial charge in [-0.05, 0) is 67.3 Å². The first-order chi connectivity index (χ1) is 17.8. The summed E-state index contributed by atoms with van der Waals surface area (Å²) in [4.78, 5) is 51.9. The molecule has 0 aliphatic heterocycles. The fourth-order valence-corrected chi connectivity index (χ4v) is 4.35. The summed E-state index contributed by atoms with van der Waals surface area (Å²) in [7, 11) is 0. The fraction of sp³-hybridized carbons (Fsp3) is 0.214. The number of aromatic nitrogens is 2. The van der Waals surface area contributed by atoms with Crippen molar-refractivity contribution < 1.29 is 9.59 Å². The molecule has 37 heavy (non-hydrogen) atoms. The van der Waals surface area contributed by atoms with E-state index in [0.717, 1.165) is 28.5 Å². The van der Waals surface area contributed by atoms with Gasteiger partial charge in [0.2, 0.25) is 11.8 Å². The van der Waals surface area contributed by atoms with Gasteiger partial charge in [-0.15, -0.1) is 0 Å². The Bertz CT molecular complexity index is 1640. The van der Waals surface area contributed by atoms with Gasteiger partial charge in [-0.2, -0.15) is 0 Å². The second-order valence-electron chi connectivity index (χ2n) is 9.22. The molecule has 5 rings (SSSR count). The lowest BCUT2D eigenvalue weighted by atomic mass is 10.1. The Morgan fingerprint density at radius 3 is 2.41 bits per heavy atom. The number of fused-ring (bicyclic) bond motifs is 1. The Labute approximate surface area is 217 Å². The van der Waals surface area contributed by atoms with Gasteiger partial charge in [-0.1, -0.05) is 41.9 Å². The van der Waals surface area contributed by atoms with Crippen LogP contribution in [0.25, 0.3) is 16.6 Å². The van der Waals surface area contributed by atoms with E-state index in [1.165, 1.54) is 4.57 Å². The molecule has 0 unspecified atom stereocenters. The van der Waals surface area contributed by atoms with Crippen molar-refractivity contribution in [3.8, 4) is 5.69 Å². The standard InChI is InChI=1S/C28H25ClN4O4/c1-17-6-9-20(15-23(17)29)31-26(35)16-32-24-5-3-2-4-22(24)27(36)33(28(32)37)21-12-7-18(8-13-21)14-25(34)30-19-10-11-19/h2-9,12-13,15,19H,10-11,14,16H2,1H3,(H,30,34)(H,31,35). The summed E-state index contributed by atoms with van der Waals surface area (Å²) in [5.74, 6) is -0.490. The van der Waals surface area contributed by atoms with Crippen LogP contribution in [-0.4, -0.2) is 27.0 Å². The summed E-state index contributed by atoms with van der Waals surface area (Å²) in [6.07, 6.45) is 2.24. The van der Waals surface area contributed by atoms with E-state index in [1.807, 2.05) is 6.92 Å². The van der Waals surface area contributed by atoms with Crippen LogP contribution in [0.4, 0.5) is 5.69 Å². The van der Waals surface area contributed by atoms with Crippen LogP contribution in [0.3, 0.4) is 0 Å². The highest BCUT2D eigenvalue weighted by molar-refractivity contribution is 6.31. The Morgan fingerprint density at radius 2 is 1.70 bits per heavy atom. The van der Waals surface area contributed by atoms with Gasteiger partial charge < -0.3 is 10.6 Å². The highest BCUT2D eigenvalue weighted by atomic mass is 35.5. The molecule has 2 N–H and O–H groups in total. The Hall–Kier alpha value is -4.17. The number of rotatable bonds is 7. The van der Waals surface area contributed by atoms with Crippen molar-refractivity contribution in [1.29, 1.82) is 0 Å². The number of hydrogen-bond donors (Lipinski definition) is 2. The molecule has 9 heteroatoms. The van der Waals surface area contributed by atoms with Crippen LogP contribution < -0.4 is 21.9 Å². The molecule has 2 amide bonds. The molecule has 3 aromatic carbocycles. The molecule has 4 aromatic rings. The summed E-state index contributed by atoms with van der Waals surface area (Å²) < 4.78 is 2.32. The molecule has 1 aromatic heterocycles. The summed E-state index contributed by atoms with van der Waals surface area (Å²) in [5, 5.41) is 6.53. The van der Waals surface area contributed by atoms with Crippen LogP contribution in [0, 0.1) is 6.92 Å². The van der Waals surface area contributed by atoms with Crippen molar-refractivity contribution in [2.75, 3.05) is 5.32 Å². The van der Waals surface area contributed by atoms with Gasteiger partial charge >= 0.3 is 5.69 Å². The van der Waals surface area contributed by atoms with E-state index >= 15 is 0 Å². The lowest BCUT2D eigenvalue weighted by Crippen LogP contribution is -2.40. The molecule has 1 fully saturated rings. The lowest BCUT2D eigenvalue weighted by Gasteiger charge is -2.15. The largest absolute Gasteiger partial charge is 0.353 e. The molecule has 0 spiro atoms. The third-order valence-corrected chi connectivity index (χ3v) is 6.72. The van der Waals surface area contributed by atoms with E-state index < -0.39 is 17.2 Å². The monoisotopic (exact) mass is 516 g/mol. The van der Waals surface area contributed by atoms with Gasteiger partial charge in [0.25, 0.3) is 5.56 Å². The van der Waals surface area contributed by atoms with Gasteiger partial charge in [-0.3, -0.25) is 19.0 Å². The van der Waals surface area contributed by atoms with Gasteiger partial charge in [0, 0.05) is 16.8 Å². The maximum absolute atomic E-state index is 13.5. The molecule has 0 radical (unpaired) electrons. The number of amides is 2. The van der Waals surface area contributed by atoms with Crippen LogP contribution in [0.1, 0.15) is 24.0 Å². The second kappa shape index (κ2) is 10.1. The van der Waals surface area contributed by atoms with Crippen molar-refractivity contribution in [1.82, 2.24) is 14.5 Å².